The lowest BCUT2D eigenvalue weighted by Gasteiger charge is -2.15. The second kappa shape index (κ2) is 6.23. The van der Waals surface area contributed by atoms with E-state index in [0.717, 1.165) is 5.56 Å². The molecule has 0 saturated heterocycles. The molecule has 0 aliphatic carbocycles. The van der Waals surface area contributed by atoms with Crippen LogP contribution in [0.25, 0.3) is 0 Å². The van der Waals surface area contributed by atoms with Crippen molar-refractivity contribution in [3.05, 3.63) is 30.1 Å². The number of nitrogens with one attached hydrogen (secondary N) is 1. The Labute approximate surface area is 96.3 Å². The smallest absolute Gasteiger partial charge is 0.220 e. The Morgan fingerprint density at radius 2 is 2.06 bits per heavy atom. The summed E-state index contributed by atoms with van der Waals surface area (Å²) in [6.07, 6.45) is 3.92. The normalized spacial score (nSPS) is 14.2. The van der Waals surface area contributed by atoms with Gasteiger partial charge in [-0.05, 0) is 37.1 Å². The van der Waals surface area contributed by atoms with Crippen molar-refractivity contribution in [2.24, 2.45) is 11.7 Å². The summed E-state index contributed by atoms with van der Waals surface area (Å²) in [4.78, 5) is 15.6. The molecular formula is C12H19N3O. The lowest BCUT2D eigenvalue weighted by Crippen LogP contribution is -2.29. The second-order valence-corrected chi connectivity index (χ2v) is 4.11. The number of amides is 1. The van der Waals surface area contributed by atoms with Crippen molar-refractivity contribution in [1.29, 1.82) is 0 Å². The minimum absolute atomic E-state index is 0.0143. The van der Waals surface area contributed by atoms with E-state index in [4.69, 9.17) is 5.73 Å². The van der Waals surface area contributed by atoms with E-state index >= 15 is 0 Å². The average Bonchev–Trinajstić information content (AvgIpc) is 2.29. The molecule has 1 aromatic heterocycles. The molecule has 0 saturated carbocycles. The van der Waals surface area contributed by atoms with Crippen molar-refractivity contribution in [2.75, 3.05) is 6.54 Å². The molecule has 3 N–H and O–H groups in total. The molecule has 1 unspecified atom stereocenters. The molecule has 4 heteroatoms. The van der Waals surface area contributed by atoms with Crippen LogP contribution in [0.15, 0.2) is 24.5 Å². The molecular weight excluding hydrogens is 202 g/mol. The van der Waals surface area contributed by atoms with E-state index < -0.39 is 0 Å². The SMILES string of the molecule is CC(CN)CC(=O)N[C@@H](C)c1ccncc1. The van der Waals surface area contributed by atoms with Crippen LogP contribution in [0.1, 0.15) is 31.9 Å². The Morgan fingerprint density at radius 1 is 1.44 bits per heavy atom. The number of rotatable bonds is 5. The van der Waals surface area contributed by atoms with Gasteiger partial charge in [0.1, 0.15) is 0 Å². The largest absolute Gasteiger partial charge is 0.350 e. The van der Waals surface area contributed by atoms with Crippen molar-refractivity contribution in [3.8, 4) is 0 Å². The Hall–Kier alpha value is -1.42. The molecule has 0 bridgehead atoms. The number of hydrogen-bond donors (Lipinski definition) is 2. The molecule has 0 aliphatic heterocycles. The van der Waals surface area contributed by atoms with E-state index in [1.807, 2.05) is 26.0 Å². The number of hydrogen-bond acceptors (Lipinski definition) is 3. The lowest BCUT2D eigenvalue weighted by atomic mass is 10.1. The highest BCUT2D eigenvalue weighted by molar-refractivity contribution is 5.76. The highest BCUT2D eigenvalue weighted by Crippen LogP contribution is 2.11. The summed E-state index contributed by atoms with van der Waals surface area (Å²) in [5, 5.41) is 2.94. The summed E-state index contributed by atoms with van der Waals surface area (Å²) in [7, 11) is 0. The number of pyridine rings is 1. The fraction of sp³-hybridized carbons (Fsp3) is 0.500. The summed E-state index contributed by atoms with van der Waals surface area (Å²) >= 11 is 0. The van der Waals surface area contributed by atoms with Crippen LogP contribution in [-0.4, -0.2) is 17.4 Å². The van der Waals surface area contributed by atoms with Crippen LogP contribution in [0, 0.1) is 5.92 Å². The molecule has 0 spiro atoms. The molecule has 4 nitrogen and oxygen atoms in total. The Kier molecular flexibility index (Phi) is 4.92. The maximum Gasteiger partial charge on any atom is 0.220 e. The third-order valence-corrected chi connectivity index (χ3v) is 2.52. The number of carbonyl (C=O) groups excluding carboxylic acids is 1. The molecule has 16 heavy (non-hydrogen) atoms. The number of aromatic nitrogens is 1. The number of carbonyl (C=O) groups is 1. The highest BCUT2D eigenvalue weighted by atomic mass is 16.1. The van der Waals surface area contributed by atoms with Gasteiger partial charge in [0.15, 0.2) is 0 Å². The maximum atomic E-state index is 11.6. The average molecular weight is 221 g/mol. The van der Waals surface area contributed by atoms with Gasteiger partial charge in [0.05, 0.1) is 6.04 Å². The Bertz CT molecular complexity index is 326. The first kappa shape index (κ1) is 12.6. The van der Waals surface area contributed by atoms with Crippen LogP contribution in [0.2, 0.25) is 0 Å². The predicted molar refractivity (Wildman–Crippen MR) is 63.6 cm³/mol. The van der Waals surface area contributed by atoms with Crippen LogP contribution < -0.4 is 11.1 Å². The predicted octanol–water partition coefficient (Wildman–Crippen LogP) is 1.24. The van der Waals surface area contributed by atoms with Gasteiger partial charge in [-0.15, -0.1) is 0 Å². The summed E-state index contributed by atoms with van der Waals surface area (Å²) in [6, 6.07) is 3.81. The molecule has 0 aliphatic rings. The van der Waals surface area contributed by atoms with Crippen molar-refractivity contribution in [1.82, 2.24) is 10.3 Å². The third kappa shape index (κ3) is 3.98. The topological polar surface area (TPSA) is 68.0 Å². The summed E-state index contributed by atoms with van der Waals surface area (Å²) in [5.74, 6) is 0.270. The zero-order valence-corrected chi connectivity index (χ0v) is 9.81. The van der Waals surface area contributed by atoms with Crippen molar-refractivity contribution >= 4 is 5.91 Å². The van der Waals surface area contributed by atoms with Crippen molar-refractivity contribution < 1.29 is 4.79 Å². The molecule has 88 valence electrons. The van der Waals surface area contributed by atoms with Crippen LogP contribution in [-0.2, 0) is 4.79 Å². The third-order valence-electron chi connectivity index (χ3n) is 2.52. The summed E-state index contributed by atoms with van der Waals surface area (Å²) in [5.41, 5.74) is 6.53. The van der Waals surface area contributed by atoms with Gasteiger partial charge in [-0.2, -0.15) is 0 Å². The van der Waals surface area contributed by atoms with E-state index in [1.54, 1.807) is 12.4 Å². The molecule has 1 rings (SSSR count). The first-order chi connectivity index (χ1) is 7.63. The monoisotopic (exact) mass is 221 g/mol. The standard InChI is InChI=1S/C12H19N3O/c1-9(8-13)7-12(16)15-10(2)11-3-5-14-6-4-11/h3-6,9-10H,7-8,13H2,1-2H3,(H,15,16)/t9?,10-/m0/s1. The quantitative estimate of drug-likeness (QED) is 0.786. The molecule has 1 aromatic rings. The zero-order chi connectivity index (χ0) is 12.0. The molecule has 1 heterocycles. The lowest BCUT2D eigenvalue weighted by molar-refractivity contribution is -0.122. The van der Waals surface area contributed by atoms with Gasteiger partial charge >= 0.3 is 0 Å². The van der Waals surface area contributed by atoms with Crippen LogP contribution in [0.3, 0.4) is 0 Å². The van der Waals surface area contributed by atoms with E-state index in [2.05, 4.69) is 10.3 Å². The highest BCUT2D eigenvalue weighted by Gasteiger charge is 2.11. The van der Waals surface area contributed by atoms with Gasteiger partial charge in [0.25, 0.3) is 0 Å². The van der Waals surface area contributed by atoms with Gasteiger partial charge in [-0.25, -0.2) is 0 Å². The van der Waals surface area contributed by atoms with Gasteiger partial charge in [0.2, 0.25) is 5.91 Å². The molecule has 1 amide bonds. The van der Waals surface area contributed by atoms with E-state index in [-0.39, 0.29) is 17.9 Å². The van der Waals surface area contributed by atoms with Crippen molar-refractivity contribution in [3.63, 3.8) is 0 Å². The zero-order valence-electron chi connectivity index (χ0n) is 9.81. The minimum atomic E-state index is 0.0143. The van der Waals surface area contributed by atoms with Crippen LogP contribution in [0.5, 0.6) is 0 Å². The van der Waals surface area contributed by atoms with Gasteiger partial charge in [0, 0.05) is 18.8 Å². The Balaban J connectivity index is 2.46. The fourth-order valence-corrected chi connectivity index (χ4v) is 1.44. The van der Waals surface area contributed by atoms with Crippen LogP contribution >= 0.6 is 0 Å². The minimum Gasteiger partial charge on any atom is -0.350 e. The second-order valence-electron chi connectivity index (χ2n) is 4.11. The number of nitrogens with two attached hydrogens (primary N) is 1. The van der Waals surface area contributed by atoms with Gasteiger partial charge in [-0.3, -0.25) is 9.78 Å². The number of nitrogens with zero attached hydrogens (tertiary/aromatic N) is 1. The summed E-state index contributed by atoms with van der Waals surface area (Å²) in [6.45, 7) is 4.47. The molecule has 2 atom stereocenters. The van der Waals surface area contributed by atoms with Gasteiger partial charge < -0.3 is 11.1 Å². The van der Waals surface area contributed by atoms with E-state index in [1.165, 1.54) is 0 Å². The molecule has 0 fully saturated rings. The van der Waals surface area contributed by atoms with Crippen LogP contribution in [0.4, 0.5) is 0 Å². The molecule has 0 radical (unpaired) electrons. The maximum absolute atomic E-state index is 11.6. The summed E-state index contributed by atoms with van der Waals surface area (Å²) < 4.78 is 0. The first-order valence-corrected chi connectivity index (χ1v) is 5.52. The van der Waals surface area contributed by atoms with Gasteiger partial charge in [-0.1, -0.05) is 6.92 Å². The fourth-order valence-electron chi connectivity index (χ4n) is 1.44. The van der Waals surface area contributed by atoms with E-state index in [9.17, 15) is 4.79 Å². The first-order valence-electron chi connectivity index (χ1n) is 5.52. The Morgan fingerprint density at radius 3 is 2.62 bits per heavy atom. The van der Waals surface area contributed by atoms with E-state index in [0.29, 0.717) is 13.0 Å². The van der Waals surface area contributed by atoms with Crippen molar-refractivity contribution in [2.45, 2.75) is 26.3 Å². The molecule has 0 aromatic carbocycles.